The molecule has 0 saturated heterocycles. The number of benzene rings is 4. The second-order valence-electron chi connectivity index (χ2n) is 8.53. The Morgan fingerprint density at radius 3 is 0.784 bits per heavy atom. The Balaban J connectivity index is 0.000000478. The van der Waals surface area contributed by atoms with Crippen LogP contribution in [-0.2, 0) is 17.3 Å². The van der Waals surface area contributed by atoms with Crippen LogP contribution in [0.15, 0.2) is 121 Å². The van der Waals surface area contributed by atoms with Crippen LogP contribution in [0.4, 0.5) is 0 Å². The molecule has 1 fully saturated rings. The zero-order valence-corrected chi connectivity index (χ0v) is 25.5. The normalized spacial score (nSPS) is 14.2. The first-order valence-corrected chi connectivity index (χ1v) is 17.4. The summed E-state index contributed by atoms with van der Waals surface area (Å²) in [6.07, 6.45) is 10.0. The summed E-state index contributed by atoms with van der Waals surface area (Å²) in [6.45, 7) is 4.94. The molecule has 37 heavy (non-hydrogen) atoms. The van der Waals surface area contributed by atoms with Gasteiger partial charge in [-0.1, -0.05) is 135 Å². The van der Waals surface area contributed by atoms with Crippen molar-refractivity contribution in [3.63, 3.8) is 0 Å². The molecule has 2 atom stereocenters. The van der Waals surface area contributed by atoms with Crippen LogP contribution in [0.1, 0.15) is 13.8 Å². The van der Waals surface area contributed by atoms with Gasteiger partial charge in [0.25, 0.3) is 0 Å². The first-order valence-electron chi connectivity index (χ1n) is 12.3. The summed E-state index contributed by atoms with van der Waals surface area (Å²) in [5.74, 6) is 0. The Bertz CT molecular complexity index is 933. The van der Waals surface area contributed by atoms with Crippen molar-refractivity contribution in [2.24, 2.45) is 0 Å². The van der Waals surface area contributed by atoms with E-state index in [-0.39, 0.29) is 0 Å². The minimum atomic E-state index is -0.448. The van der Waals surface area contributed by atoms with Crippen LogP contribution in [0.3, 0.4) is 0 Å². The van der Waals surface area contributed by atoms with E-state index >= 15 is 0 Å². The van der Waals surface area contributed by atoms with Gasteiger partial charge in [-0.3, -0.25) is 0 Å². The van der Waals surface area contributed by atoms with Crippen molar-refractivity contribution >= 4 is 46.8 Å². The average Bonchev–Trinajstić information content (AvgIpc) is 3.57. The zero-order chi connectivity index (χ0) is 26.3. The van der Waals surface area contributed by atoms with Gasteiger partial charge in [-0.2, -0.15) is 0 Å². The van der Waals surface area contributed by atoms with Gasteiger partial charge in [0.15, 0.2) is 0 Å². The van der Waals surface area contributed by atoms with E-state index in [1.165, 1.54) is 21.2 Å². The summed E-state index contributed by atoms with van der Waals surface area (Å²) in [5, 5.41) is 5.87. The van der Waals surface area contributed by atoms with E-state index in [2.05, 4.69) is 145 Å². The fraction of sp³-hybridized carbons (Fsp3) is 0.121. The number of hydrogen-bond acceptors (Lipinski definition) is 0. The summed E-state index contributed by atoms with van der Waals surface area (Å²) >= 11 is 1.82. The van der Waals surface area contributed by atoms with Crippen LogP contribution < -0.4 is 21.2 Å². The standard InChI is InChI=1S/C28H28P2.C5H5.ClH.Ru/c1-23(29(25-15-7-3-8-16-25)26-17-9-4-10-18-26)24(2)30(27-19-11-5-12-20-27)28-21-13-6-14-22-28;1-2-4-5-3-1;;/h3-24H,1-2H3;1-5H;1H;/q;;;+2/p-1/t23-,24-;;;/m1.../s1. The second-order valence-corrected chi connectivity index (χ2v) is 13.7. The molecule has 5 rings (SSSR count). The van der Waals surface area contributed by atoms with Gasteiger partial charge in [-0.05, 0) is 80.5 Å². The summed E-state index contributed by atoms with van der Waals surface area (Å²) in [4.78, 5) is 0. The van der Waals surface area contributed by atoms with Gasteiger partial charge in [-0.15, -0.1) is 0 Å². The van der Waals surface area contributed by atoms with Crippen LogP contribution in [0.25, 0.3) is 0 Å². The monoisotopic (exact) mass is 628 g/mol. The molecule has 0 bridgehead atoms. The van der Waals surface area contributed by atoms with Crippen LogP contribution in [0, 0.1) is 32.1 Å². The molecule has 4 aromatic rings. The van der Waals surface area contributed by atoms with Gasteiger partial charge in [-0.25, -0.2) is 0 Å². The molecule has 4 aromatic carbocycles. The van der Waals surface area contributed by atoms with E-state index in [1.807, 2.05) is 49.4 Å². The van der Waals surface area contributed by atoms with E-state index in [4.69, 9.17) is 0 Å². The van der Waals surface area contributed by atoms with Gasteiger partial charge < -0.3 is 0 Å². The zero-order valence-electron chi connectivity index (χ0n) is 21.2. The van der Waals surface area contributed by atoms with E-state index < -0.39 is 15.8 Å². The minimum absolute atomic E-state index is 0.448. The molecule has 0 heterocycles. The van der Waals surface area contributed by atoms with Crippen molar-refractivity contribution in [1.82, 2.24) is 0 Å². The quantitative estimate of drug-likeness (QED) is 0.145. The van der Waals surface area contributed by atoms with Crippen molar-refractivity contribution in [3.05, 3.63) is 153 Å². The third-order valence-electron chi connectivity index (χ3n) is 6.21. The van der Waals surface area contributed by atoms with Gasteiger partial charge in [0, 0.05) is 0 Å². The van der Waals surface area contributed by atoms with E-state index in [9.17, 15) is 0 Å². The van der Waals surface area contributed by atoms with E-state index in [0.29, 0.717) is 11.3 Å². The predicted molar refractivity (Wildman–Crippen MR) is 164 cm³/mol. The van der Waals surface area contributed by atoms with Crippen LogP contribution in [0.5, 0.6) is 0 Å². The van der Waals surface area contributed by atoms with Gasteiger partial charge in [0.1, 0.15) is 0 Å². The summed E-state index contributed by atoms with van der Waals surface area (Å²) in [6, 6.07) is 44.5. The molecule has 1 aliphatic carbocycles. The third kappa shape index (κ3) is 9.12. The molecule has 0 N–H and O–H groups in total. The molecule has 1 saturated carbocycles. The Labute approximate surface area is 241 Å². The maximum atomic E-state index is 4.57. The van der Waals surface area contributed by atoms with Crippen molar-refractivity contribution in [1.29, 1.82) is 0 Å². The Hall–Kier alpha value is -1.35. The van der Waals surface area contributed by atoms with Crippen LogP contribution in [-0.4, -0.2) is 11.3 Å². The van der Waals surface area contributed by atoms with Crippen molar-refractivity contribution in [2.45, 2.75) is 25.2 Å². The van der Waals surface area contributed by atoms with Crippen molar-refractivity contribution < 1.29 is 17.3 Å². The molecule has 0 amide bonds. The Kier molecular flexibility index (Phi) is 14.1. The maximum absolute atomic E-state index is 4.57. The topological polar surface area (TPSA) is 0 Å². The number of hydrogen-bond donors (Lipinski definition) is 0. The van der Waals surface area contributed by atoms with Crippen molar-refractivity contribution in [3.8, 4) is 0 Å². The molecule has 0 nitrogen and oxygen atoms in total. The molecule has 0 aliphatic heterocycles. The first kappa shape index (κ1) is 30.2. The fourth-order valence-corrected chi connectivity index (χ4v) is 10.5. The number of rotatable bonds is 7. The molecule has 189 valence electrons. The van der Waals surface area contributed by atoms with Crippen LogP contribution in [0.2, 0.25) is 0 Å². The number of halogens is 1. The second kappa shape index (κ2) is 17.3. The summed E-state index contributed by atoms with van der Waals surface area (Å²) in [7, 11) is 3.67. The molecule has 0 spiro atoms. The van der Waals surface area contributed by atoms with Gasteiger partial charge >= 0.3 is 27.0 Å². The molecule has 0 unspecified atom stereocenters. The predicted octanol–water partition coefficient (Wildman–Crippen LogP) is 7.74. The molecular weight excluding hydrogens is 595 g/mol. The molecule has 4 heteroatoms. The SMILES string of the molecule is C[C@H]([C@@H](C)P(c1ccccc1)c1ccccc1)P(c1ccccc1)c1ccccc1.[CH]1[CH][CH][CH][CH]1.[Cl][Ru+]. The van der Waals surface area contributed by atoms with E-state index in [0.717, 1.165) is 0 Å². The average molecular weight is 628 g/mol. The molecule has 5 radical (unpaired) electrons. The molecule has 1 aliphatic rings. The Morgan fingerprint density at radius 1 is 0.405 bits per heavy atom. The van der Waals surface area contributed by atoms with Crippen molar-refractivity contribution in [2.75, 3.05) is 0 Å². The van der Waals surface area contributed by atoms with Gasteiger partial charge in [0.2, 0.25) is 0 Å². The Morgan fingerprint density at radius 2 is 0.595 bits per heavy atom. The fourth-order valence-electron chi connectivity index (χ4n) is 4.35. The molecule has 0 aromatic heterocycles. The van der Waals surface area contributed by atoms with E-state index in [1.54, 1.807) is 0 Å². The van der Waals surface area contributed by atoms with Gasteiger partial charge in [0.05, 0.1) is 0 Å². The summed E-state index contributed by atoms with van der Waals surface area (Å²) in [5.41, 5.74) is 1.10. The molecular formula is C33H33ClP2Ru+. The summed E-state index contributed by atoms with van der Waals surface area (Å²) < 4.78 is 0. The first-order chi connectivity index (χ1) is 18.3. The third-order valence-corrected chi connectivity index (χ3v) is 12.4. The van der Waals surface area contributed by atoms with Crippen LogP contribution >= 0.6 is 25.5 Å².